The van der Waals surface area contributed by atoms with Crippen molar-refractivity contribution in [1.29, 1.82) is 0 Å². The topological polar surface area (TPSA) is 123 Å². The number of Topliss-reactive ketones (excluding diaryl/α,β-unsaturated/α-hetero) is 1. The number of pyridine rings is 1. The van der Waals surface area contributed by atoms with Gasteiger partial charge in [0.15, 0.2) is 11.6 Å². The number of aromatic nitrogens is 2. The van der Waals surface area contributed by atoms with Gasteiger partial charge in [-0.25, -0.2) is 15.2 Å². The maximum atomic E-state index is 14.7. The van der Waals surface area contributed by atoms with Crippen LogP contribution >= 0.6 is 0 Å². The number of carbonyl (C=O) groups is 2. The molecule has 1 fully saturated rings. The van der Waals surface area contributed by atoms with Gasteiger partial charge in [0.2, 0.25) is 0 Å². The van der Waals surface area contributed by atoms with Gasteiger partial charge >= 0.3 is 0 Å². The smallest absolute Gasteiger partial charge is 0.295 e. The molecular formula is C24H23FN8O2. The second-order valence-corrected chi connectivity index (χ2v) is 8.23. The average Bonchev–Trinajstić information content (AvgIpc) is 3.52. The summed E-state index contributed by atoms with van der Waals surface area (Å²) in [6.45, 7) is 5.14. The highest BCUT2D eigenvalue weighted by atomic mass is 19.1. The first-order chi connectivity index (χ1) is 17.0. The number of hydrogen-bond donors (Lipinski definition) is 2. The van der Waals surface area contributed by atoms with E-state index in [2.05, 4.69) is 31.6 Å². The minimum Gasteiger partial charge on any atom is -0.357 e. The number of amides is 1. The molecule has 0 aliphatic carbocycles. The van der Waals surface area contributed by atoms with Crippen LogP contribution in [0.15, 0.2) is 65.1 Å². The highest BCUT2D eigenvalue weighted by Gasteiger charge is 2.37. The summed E-state index contributed by atoms with van der Waals surface area (Å²) in [5.74, 6) is 4.79. The zero-order chi connectivity index (χ0) is 24.5. The van der Waals surface area contributed by atoms with Gasteiger partial charge in [-0.05, 0) is 6.72 Å². The quantitative estimate of drug-likeness (QED) is 0.184. The van der Waals surface area contributed by atoms with Gasteiger partial charge < -0.3 is 14.8 Å². The van der Waals surface area contributed by atoms with Gasteiger partial charge in [-0.15, -0.1) is 0 Å². The molecule has 10 nitrogen and oxygen atoms in total. The Morgan fingerprint density at radius 1 is 1.29 bits per heavy atom. The maximum Gasteiger partial charge on any atom is 0.295 e. The van der Waals surface area contributed by atoms with Crippen LogP contribution in [0.25, 0.3) is 10.9 Å². The molecule has 3 aromatic rings. The SMILES string of the molecule is C=N/C=C\N(N)c1ncc(F)c2c(C(=O)C(=O)N3CCN4C(c5ccccc5)=NCC4C3)c[nH]c12. The van der Waals surface area contributed by atoms with Crippen molar-refractivity contribution in [2.24, 2.45) is 15.8 Å². The molecule has 1 amide bonds. The highest BCUT2D eigenvalue weighted by Crippen LogP contribution is 2.29. The molecule has 0 saturated carbocycles. The zero-order valence-corrected chi connectivity index (χ0v) is 18.8. The lowest BCUT2D eigenvalue weighted by atomic mass is 10.1. The molecule has 178 valence electrons. The molecule has 0 bridgehead atoms. The summed E-state index contributed by atoms with van der Waals surface area (Å²) in [6, 6.07) is 9.86. The van der Waals surface area contributed by atoms with Crippen molar-refractivity contribution in [3.05, 3.63) is 72.1 Å². The number of nitrogens with one attached hydrogen (secondary N) is 1. The fourth-order valence-corrected chi connectivity index (χ4v) is 4.52. The Hall–Kier alpha value is -4.38. The molecule has 1 unspecified atom stereocenters. The Morgan fingerprint density at radius 2 is 2.09 bits per heavy atom. The number of ketones is 1. The van der Waals surface area contributed by atoms with Crippen molar-refractivity contribution in [3.8, 4) is 0 Å². The molecule has 5 rings (SSSR count). The molecule has 11 heteroatoms. The third kappa shape index (κ3) is 3.95. The van der Waals surface area contributed by atoms with Crippen molar-refractivity contribution < 1.29 is 14.0 Å². The van der Waals surface area contributed by atoms with Gasteiger partial charge in [0.05, 0.1) is 35.2 Å². The first-order valence-corrected chi connectivity index (χ1v) is 11.0. The fourth-order valence-electron chi connectivity index (χ4n) is 4.52. The number of aromatic amines is 1. The minimum atomic E-state index is -0.796. The standard InChI is InChI=1S/C24H23FN8O2/c1-27-7-8-33(26)23-20-19(18(25)13-30-23)17(12-28-20)21(34)24(35)31-9-10-32-16(14-31)11-29-22(32)15-5-3-2-4-6-15/h2-8,12-13,16,28H,1,9-11,14,26H2/b8-7-. The minimum absolute atomic E-state index is 0.0118. The first kappa shape index (κ1) is 22.4. The highest BCUT2D eigenvalue weighted by molar-refractivity contribution is 6.45. The van der Waals surface area contributed by atoms with Gasteiger partial charge in [-0.2, -0.15) is 0 Å². The largest absolute Gasteiger partial charge is 0.357 e. The Bertz CT molecular complexity index is 1370. The number of anilines is 1. The number of piperazine rings is 1. The Morgan fingerprint density at radius 3 is 2.86 bits per heavy atom. The lowest BCUT2D eigenvalue weighted by Crippen LogP contribution is -2.56. The zero-order valence-electron chi connectivity index (χ0n) is 18.8. The molecule has 4 heterocycles. The van der Waals surface area contributed by atoms with Crippen molar-refractivity contribution in [3.63, 3.8) is 0 Å². The van der Waals surface area contributed by atoms with E-state index in [-0.39, 0.29) is 28.3 Å². The lowest BCUT2D eigenvalue weighted by Gasteiger charge is -2.38. The number of carbonyl (C=O) groups excluding carboxylic acids is 2. The van der Waals surface area contributed by atoms with Crippen molar-refractivity contribution >= 4 is 41.0 Å². The van der Waals surface area contributed by atoms with E-state index in [0.717, 1.165) is 22.6 Å². The Labute approximate surface area is 200 Å². The van der Waals surface area contributed by atoms with Gasteiger partial charge in [-0.3, -0.25) is 24.6 Å². The summed E-state index contributed by atoms with van der Waals surface area (Å²) in [5.41, 5.74) is 1.15. The number of nitrogens with zero attached hydrogens (tertiary/aromatic N) is 6. The molecule has 2 aromatic heterocycles. The van der Waals surface area contributed by atoms with E-state index in [0.29, 0.717) is 26.2 Å². The van der Waals surface area contributed by atoms with Crippen LogP contribution < -0.4 is 10.9 Å². The first-order valence-electron chi connectivity index (χ1n) is 11.0. The number of hydrogen-bond acceptors (Lipinski definition) is 8. The lowest BCUT2D eigenvalue weighted by molar-refractivity contribution is -0.128. The van der Waals surface area contributed by atoms with Crippen LogP contribution in [-0.2, 0) is 4.79 Å². The maximum absolute atomic E-state index is 14.7. The summed E-state index contributed by atoms with van der Waals surface area (Å²) in [6.07, 6.45) is 4.99. The number of rotatable bonds is 6. The van der Waals surface area contributed by atoms with E-state index >= 15 is 0 Å². The van der Waals surface area contributed by atoms with Gasteiger partial charge in [0, 0.05) is 43.8 Å². The van der Waals surface area contributed by atoms with Crippen LogP contribution in [0.1, 0.15) is 15.9 Å². The third-order valence-corrected chi connectivity index (χ3v) is 6.18. The van der Waals surface area contributed by atoms with E-state index in [9.17, 15) is 14.0 Å². The number of aliphatic imine (C=N–C) groups is 2. The van der Waals surface area contributed by atoms with E-state index in [1.165, 1.54) is 23.5 Å². The number of halogens is 1. The summed E-state index contributed by atoms with van der Waals surface area (Å²) in [7, 11) is 0. The van der Waals surface area contributed by atoms with Crippen molar-refractivity contribution in [1.82, 2.24) is 19.8 Å². The summed E-state index contributed by atoms with van der Waals surface area (Å²) < 4.78 is 14.7. The molecule has 3 N–H and O–H groups in total. The van der Waals surface area contributed by atoms with Gasteiger partial charge in [0.1, 0.15) is 5.84 Å². The molecule has 0 radical (unpaired) electrons. The third-order valence-electron chi connectivity index (χ3n) is 6.18. The number of hydrazine groups is 1. The molecule has 1 saturated heterocycles. The monoisotopic (exact) mass is 474 g/mol. The van der Waals surface area contributed by atoms with Gasteiger partial charge in [0.25, 0.3) is 11.7 Å². The van der Waals surface area contributed by atoms with E-state index in [4.69, 9.17) is 5.84 Å². The molecule has 2 aliphatic heterocycles. The summed E-state index contributed by atoms with van der Waals surface area (Å²) >= 11 is 0. The van der Waals surface area contributed by atoms with Crippen molar-refractivity contribution in [2.75, 3.05) is 31.2 Å². The Kier molecular flexibility index (Phi) is 5.83. The van der Waals surface area contributed by atoms with E-state index < -0.39 is 17.5 Å². The molecule has 35 heavy (non-hydrogen) atoms. The summed E-state index contributed by atoms with van der Waals surface area (Å²) in [5, 5.41) is 1.07. The predicted octanol–water partition coefficient (Wildman–Crippen LogP) is 1.71. The second-order valence-electron chi connectivity index (χ2n) is 8.23. The number of benzene rings is 1. The van der Waals surface area contributed by atoms with Crippen molar-refractivity contribution in [2.45, 2.75) is 6.04 Å². The van der Waals surface area contributed by atoms with Crippen LogP contribution in [0.4, 0.5) is 10.2 Å². The van der Waals surface area contributed by atoms with Crippen LogP contribution in [-0.4, -0.2) is 76.2 Å². The van der Waals surface area contributed by atoms with Crippen LogP contribution in [0.5, 0.6) is 0 Å². The number of H-pyrrole nitrogens is 1. The number of fused-ring (bicyclic) bond motifs is 2. The van der Waals surface area contributed by atoms with Crippen LogP contribution in [0.2, 0.25) is 0 Å². The van der Waals surface area contributed by atoms with Crippen LogP contribution in [0.3, 0.4) is 0 Å². The predicted molar refractivity (Wildman–Crippen MR) is 131 cm³/mol. The molecular weight excluding hydrogens is 451 g/mol. The average molecular weight is 475 g/mol. The van der Waals surface area contributed by atoms with Crippen LogP contribution in [0, 0.1) is 5.82 Å². The number of nitrogens with two attached hydrogens (primary N) is 1. The van der Waals surface area contributed by atoms with Gasteiger partial charge in [-0.1, -0.05) is 30.3 Å². The molecule has 1 aromatic carbocycles. The van der Waals surface area contributed by atoms with E-state index in [1.54, 1.807) is 0 Å². The molecule has 0 spiro atoms. The normalized spacial score (nSPS) is 17.5. The molecule has 1 atom stereocenters. The fraction of sp³-hybridized carbons (Fsp3) is 0.208. The number of amidine groups is 1. The summed E-state index contributed by atoms with van der Waals surface area (Å²) in [4.78, 5) is 45.1. The molecule has 2 aliphatic rings. The Balaban J connectivity index is 1.35. The van der Waals surface area contributed by atoms with E-state index in [1.807, 2.05) is 30.3 Å². The second kappa shape index (κ2) is 9.11.